The fraction of sp³-hybridized carbons (Fsp3) is 0.250. The number of nitrogens with one attached hydrogen (secondary N) is 2. The molecule has 1 heterocycles. The topological polar surface area (TPSA) is 37.0 Å². The molecule has 3 nitrogen and oxygen atoms in total. The van der Waals surface area contributed by atoms with Gasteiger partial charge in [0.15, 0.2) is 0 Å². The van der Waals surface area contributed by atoms with Gasteiger partial charge in [0.1, 0.15) is 0 Å². The molecule has 0 fully saturated rings. The minimum Gasteiger partial charge on any atom is -0.372 e. The quantitative estimate of drug-likeness (QED) is 0.217. The molecule has 0 spiro atoms. The van der Waals surface area contributed by atoms with E-state index >= 15 is 0 Å². The minimum atomic E-state index is -0.0961. The first kappa shape index (κ1) is 26.5. The summed E-state index contributed by atoms with van der Waals surface area (Å²) in [7, 11) is 0. The minimum absolute atomic E-state index is 0.0961. The maximum Gasteiger partial charge on any atom is 0.0941 e. The smallest absolute Gasteiger partial charge is 0.0941 e. The zero-order chi connectivity index (χ0) is 27.5. The van der Waals surface area contributed by atoms with Crippen molar-refractivity contribution in [3.63, 3.8) is 0 Å². The van der Waals surface area contributed by atoms with Crippen LogP contribution in [0.5, 0.6) is 0 Å². The number of aromatic nitrogens is 1. The molecule has 5 rings (SSSR count). The molecule has 5 aromatic rings. The van der Waals surface area contributed by atoms with Crippen molar-refractivity contribution in [2.75, 3.05) is 10.6 Å². The summed E-state index contributed by atoms with van der Waals surface area (Å²) < 4.78 is 0. The van der Waals surface area contributed by atoms with E-state index in [1.807, 2.05) is 0 Å². The third-order valence-corrected chi connectivity index (χ3v) is 7.57. The average molecular weight is 514 g/mol. The van der Waals surface area contributed by atoms with E-state index < -0.39 is 0 Å². The summed E-state index contributed by atoms with van der Waals surface area (Å²) in [6.07, 6.45) is 0. The Morgan fingerprint density at radius 3 is 1.85 bits per heavy atom. The Balaban J connectivity index is 1.65. The number of rotatable bonds is 8. The van der Waals surface area contributed by atoms with Gasteiger partial charge in [-0.1, -0.05) is 113 Å². The summed E-state index contributed by atoms with van der Waals surface area (Å²) in [5.74, 6) is 0.806. The van der Waals surface area contributed by atoms with Gasteiger partial charge in [-0.05, 0) is 65.6 Å². The number of aryl methyl sites for hydroxylation is 2. The lowest BCUT2D eigenvalue weighted by molar-refractivity contribution is 0.815. The van der Waals surface area contributed by atoms with E-state index in [2.05, 4.69) is 149 Å². The molecule has 0 bridgehead atoms. The molecule has 0 amide bonds. The van der Waals surface area contributed by atoms with Crippen LogP contribution in [-0.2, 0) is 0 Å². The van der Waals surface area contributed by atoms with Gasteiger partial charge in [-0.25, -0.2) is 4.98 Å². The molecule has 39 heavy (non-hydrogen) atoms. The molecular formula is C36H39N3. The van der Waals surface area contributed by atoms with Crippen LogP contribution >= 0.6 is 0 Å². The number of hydrogen-bond acceptors (Lipinski definition) is 3. The van der Waals surface area contributed by atoms with Crippen molar-refractivity contribution in [2.45, 2.75) is 59.4 Å². The van der Waals surface area contributed by atoms with Gasteiger partial charge in [0.2, 0.25) is 0 Å². The van der Waals surface area contributed by atoms with Crippen LogP contribution in [-0.4, -0.2) is 4.98 Å². The van der Waals surface area contributed by atoms with Gasteiger partial charge in [0, 0.05) is 16.8 Å². The third kappa shape index (κ3) is 5.54. The van der Waals surface area contributed by atoms with Gasteiger partial charge < -0.3 is 10.6 Å². The lowest BCUT2D eigenvalue weighted by Gasteiger charge is -2.27. The van der Waals surface area contributed by atoms with Crippen LogP contribution in [0.25, 0.3) is 10.9 Å². The Labute approximate surface area is 233 Å². The summed E-state index contributed by atoms with van der Waals surface area (Å²) in [6.45, 7) is 13.4. The van der Waals surface area contributed by atoms with Crippen LogP contribution in [0.4, 0.5) is 17.1 Å². The van der Waals surface area contributed by atoms with Crippen LogP contribution < -0.4 is 10.6 Å². The summed E-state index contributed by atoms with van der Waals surface area (Å²) in [6, 6.07) is 34.4. The molecule has 4 aromatic carbocycles. The van der Waals surface area contributed by atoms with Crippen molar-refractivity contribution in [3.05, 3.63) is 131 Å². The van der Waals surface area contributed by atoms with Crippen molar-refractivity contribution >= 4 is 28.0 Å². The van der Waals surface area contributed by atoms with Crippen molar-refractivity contribution in [2.24, 2.45) is 0 Å². The SMILES string of the molecule is Cc1cccc(C)c1Nc1cccc2ccc(C(Nc3c(C(C)C)cccc3C(C)C)c3ccccc3)nc12. The van der Waals surface area contributed by atoms with E-state index in [0.29, 0.717) is 11.8 Å². The fourth-order valence-electron chi connectivity index (χ4n) is 5.41. The van der Waals surface area contributed by atoms with Gasteiger partial charge in [0.25, 0.3) is 0 Å². The molecule has 0 radical (unpaired) electrons. The highest BCUT2D eigenvalue weighted by atomic mass is 15.0. The highest BCUT2D eigenvalue weighted by Crippen LogP contribution is 2.37. The van der Waals surface area contributed by atoms with Gasteiger partial charge in [-0.15, -0.1) is 0 Å². The lowest BCUT2D eigenvalue weighted by atomic mass is 9.91. The molecule has 0 aliphatic carbocycles. The number of nitrogens with zero attached hydrogens (tertiary/aromatic N) is 1. The van der Waals surface area contributed by atoms with E-state index in [0.717, 1.165) is 28.0 Å². The Morgan fingerprint density at radius 2 is 1.21 bits per heavy atom. The van der Waals surface area contributed by atoms with Crippen LogP contribution in [0.15, 0.2) is 97.1 Å². The number of fused-ring (bicyclic) bond motifs is 1. The van der Waals surface area contributed by atoms with Gasteiger partial charge >= 0.3 is 0 Å². The molecule has 0 aliphatic heterocycles. The van der Waals surface area contributed by atoms with Crippen molar-refractivity contribution < 1.29 is 0 Å². The summed E-state index contributed by atoms with van der Waals surface area (Å²) in [5, 5.41) is 8.80. The zero-order valence-corrected chi connectivity index (χ0v) is 23.9. The number of hydrogen-bond donors (Lipinski definition) is 2. The van der Waals surface area contributed by atoms with E-state index in [9.17, 15) is 0 Å². The highest BCUT2D eigenvalue weighted by molar-refractivity contribution is 5.93. The largest absolute Gasteiger partial charge is 0.372 e. The average Bonchev–Trinajstić information content (AvgIpc) is 2.94. The van der Waals surface area contributed by atoms with Crippen LogP contribution in [0.2, 0.25) is 0 Å². The first-order chi connectivity index (χ1) is 18.8. The third-order valence-electron chi connectivity index (χ3n) is 7.57. The van der Waals surface area contributed by atoms with Gasteiger partial charge in [-0.2, -0.15) is 0 Å². The summed E-state index contributed by atoms with van der Waals surface area (Å²) >= 11 is 0. The molecule has 0 aliphatic rings. The van der Waals surface area contributed by atoms with Crippen molar-refractivity contribution in [1.29, 1.82) is 0 Å². The van der Waals surface area contributed by atoms with Crippen LogP contribution in [0, 0.1) is 13.8 Å². The lowest BCUT2D eigenvalue weighted by Crippen LogP contribution is -2.17. The standard InChI is InChI=1S/C36H39N3/c1-23(2)29-18-12-19-30(24(3)4)36(29)39-35(27-15-8-7-9-16-27)32-22-21-28-17-11-20-31(34(28)38-32)37-33-25(5)13-10-14-26(33)6/h7-24,35,37,39H,1-6H3. The summed E-state index contributed by atoms with van der Waals surface area (Å²) in [4.78, 5) is 5.33. The Bertz CT molecular complexity index is 1540. The molecule has 1 atom stereocenters. The Hall–Kier alpha value is -4.11. The number of benzene rings is 4. The molecule has 1 aromatic heterocycles. The number of pyridine rings is 1. The molecule has 0 saturated carbocycles. The molecule has 0 saturated heterocycles. The molecule has 3 heteroatoms. The van der Waals surface area contributed by atoms with Crippen LogP contribution in [0.3, 0.4) is 0 Å². The van der Waals surface area contributed by atoms with Gasteiger partial charge in [0.05, 0.1) is 22.9 Å². The van der Waals surface area contributed by atoms with Crippen LogP contribution in [0.1, 0.15) is 79.1 Å². The Kier molecular flexibility index (Phi) is 7.70. The first-order valence-corrected chi connectivity index (χ1v) is 14.0. The molecule has 198 valence electrons. The number of anilines is 3. The second-order valence-electron chi connectivity index (χ2n) is 11.1. The monoisotopic (exact) mass is 513 g/mol. The predicted molar refractivity (Wildman–Crippen MR) is 167 cm³/mol. The molecule has 1 unspecified atom stereocenters. The van der Waals surface area contributed by atoms with E-state index in [1.54, 1.807) is 0 Å². The second kappa shape index (κ2) is 11.3. The fourth-order valence-corrected chi connectivity index (χ4v) is 5.41. The van der Waals surface area contributed by atoms with E-state index in [4.69, 9.17) is 4.98 Å². The van der Waals surface area contributed by atoms with Crippen molar-refractivity contribution in [1.82, 2.24) is 4.98 Å². The second-order valence-corrected chi connectivity index (χ2v) is 11.1. The zero-order valence-electron chi connectivity index (χ0n) is 23.9. The maximum atomic E-state index is 5.33. The molecular weight excluding hydrogens is 474 g/mol. The van der Waals surface area contributed by atoms with Gasteiger partial charge in [-0.3, -0.25) is 0 Å². The molecule has 2 N–H and O–H groups in total. The van der Waals surface area contributed by atoms with E-state index in [-0.39, 0.29) is 6.04 Å². The predicted octanol–water partition coefficient (Wildman–Crippen LogP) is 10.0. The normalized spacial score (nSPS) is 12.2. The first-order valence-electron chi connectivity index (χ1n) is 14.0. The van der Waals surface area contributed by atoms with Crippen molar-refractivity contribution in [3.8, 4) is 0 Å². The number of para-hydroxylation sites is 3. The summed E-state index contributed by atoms with van der Waals surface area (Å²) in [5.41, 5.74) is 11.7. The van der Waals surface area contributed by atoms with E-state index in [1.165, 1.54) is 33.5 Å². The Morgan fingerprint density at radius 1 is 0.590 bits per heavy atom. The maximum absolute atomic E-state index is 5.33. The highest BCUT2D eigenvalue weighted by Gasteiger charge is 2.22.